The van der Waals surface area contributed by atoms with Crippen molar-refractivity contribution in [1.29, 1.82) is 0 Å². The van der Waals surface area contributed by atoms with Gasteiger partial charge in [-0.3, -0.25) is 9.59 Å². The van der Waals surface area contributed by atoms with Crippen LogP contribution >= 0.6 is 0 Å². The third kappa shape index (κ3) is 3.38. The fraction of sp³-hybridized carbons (Fsp3) is 0.357. The van der Waals surface area contributed by atoms with E-state index in [0.717, 1.165) is 0 Å². The summed E-state index contributed by atoms with van der Waals surface area (Å²) in [5.41, 5.74) is 6.75. The van der Waals surface area contributed by atoms with Crippen LogP contribution in [0, 0.1) is 6.92 Å². The topological polar surface area (TPSA) is 119 Å². The molecule has 112 valence electrons. The van der Waals surface area contributed by atoms with Crippen LogP contribution in [0.4, 0.5) is 5.69 Å². The van der Waals surface area contributed by atoms with E-state index in [1.165, 1.54) is 6.07 Å². The summed E-state index contributed by atoms with van der Waals surface area (Å²) in [4.78, 5) is 33.9. The molecule has 0 aromatic heterocycles. The molecule has 2 amide bonds. The molecule has 0 radical (unpaired) electrons. The number of benzene rings is 1. The van der Waals surface area contributed by atoms with Crippen LogP contribution < -0.4 is 11.1 Å². The van der Waals surface area contributed by atoms with Crippen molar-refractivity contribution < 1.29 is 24.2 Å². The number of aliphatic carboxylic acids is 1. The van der Waals surface area contributed by atoms with Crippen molar-refractivity contribution in [3.05, 3.63) is 29.3 Å². The van der Waals surface area contributed by atoms with Gasteiger partial charge in [0.15, 0.2) is 6.10 Å². The van der Waals surface area contributed by atoms with E-state index in [2.05, 4.69) is 5.32 Å². The molecular weight excluding hydrogens is 276 g/mol. The van der Waals surface area contributed by atoms with Crippen molar-refractivity contribution >= 4 is 23.5 Å². The summed E-state index contributed by atoms with van der Waals surface area (Å²) in [7, 11) is 0. The van der Waals surface area contributed by atoms with Crippen LogP contribution in [0.25, 0.3) is 0 Å². The fourth-order valence-electron chi connectivity index (χ4n) is 2.25. The second kappa shape index (κ2) is 5.92. The van der Waals surface area contributed by atoms with Crippen molar-refractivity contribution in [2.45, 2.75) is 32.0 Å². The number of carbonyl (C=O) groups excluding carboxylic acids is 2. The third-order valence-electron chi connectivity index (χ3n) is 3.35. The summed E-state index contributed by atoms with van der Waals surface area (Å²) in [5, 5.41) is 11.5. The highest BCUT2D eigenvalue weighted by atomic mass is 16.5. The molecule has 2 rings (SSSR count). The standard InChI is InChI=1S/C14H16N2O5/c1-7-6-8(2-3-9(7)12(15)17)16-13(18)10-4-5-11(21-10)14(19)20/h2-3,6,10-11H,4-5H2,1H3,(H2,15,17)(H,16,18)(H,19,20)/t10-,11+/m0/s1. The molecule has 1 heterocycles. The maximum atomic E-state index is 12.0. The highest BCUT2D eigenvalue weighted by molar-refractivity contribution is 5.97. The number of aryl methyl sites for hydroxylation is 1. The molecule has 2 atom stereocenters. The van der Waals surface area contributed by atoms with Gasteiger partial charge in [-0.1, -0.05) is 0 Å². The van der Waals surface area contributed by atoms with Crippen molar-refractivity contribution in [2.24, 2.45) is 5.73 Å². The lowest BCUT2D eigenvalue weighted by atomic mass is 10.1. The number of hydrogen-bond acceptors (Lipinski definition) is 4. The number of carboxylic acid groups (broad SMARTS) is 1. The van der Waals surface area contributed by atoms with Gasteiger partial charge in [-0.05, 0) is 43.5 Å². The lowest BCUT2D eigenvalue weighted by Crippen LogP contribution is -2.30. The Morgan fingerprint density at radius 3 is 2.48 bits per heavy atom. The summed E-state index contributed by atoms with van der Waals surface area (Å²) < 4.78 is 5.16. The zero-order chi connectivity index (χ0) is 15.6. The van der Waals surface area contributed by atoms with Gasteiger partial charge in [0.25, 0.3) is 5.91 Å². The molecular formula is C14H16N2O5. The molecule has 1 aromatic rings. The quantitative estimate of drug-likeness (QED) is 0.753. The predicted molar refractivity (Wildman–Crippen MR) is 73.9 cm³/mol. The third-order valence-corrected chi connectivity index (χ3v) is 3.35. The second-order valence-corrected chi connectivity index (χ2v) is 4.91. The van der Waals surface area contributed by atoms with Crippen LogP contribution in [0.2, 0.25) is 0 Å². The van der Waals surface area contributed by atoms with Crippen molar-refractivity contribution in [3.8, 4) is 0 Å². The van der Waals surface area contributed by atoms with Crippen LogP contribution in [-0.4, -0.2) is 35.1 Å². The number of ether oxygens (including phenoxy) is 1. The molecule has 4 N–H and O–H groups in total. The first-order chi connectivity index (χ1) is 9.88. The van der Waals surface area contributed by atoms with Crippen molar-refractivity contribution in [3.63, 3.8) is 0 Å². The number of nitrogens with two attached hydrogens (primary N) is 1. The Kier molecular flexibility index (Phi) is 4.23. The molecule has 1 aliphatic heterocycles. The molecule has 7 nitrogen and oxygen atoms in total. The van der Waals surface area contributed by atoms with Gasteiger partial charge in [0.05, 0.1) is 0 Å². The van der Waals surface area contributed by atoms with Crippen LogP contribution in [0.15, 0.2) is 18.2 Å². The monoisotopic (exact) mass is 292 g/mol. The number of primary amides is 1. The van der Waals surface area contributed by atoms with Crippen molar-refractivity contribution in [2.75, 3.05) is 5.32 Å². The molecule has 21 heavy (non-hydrogen) atoms. The summed E-state index contributed by atoms with van der Waals surface area (Å²) in [6.07, 6.45) is -1.03. The van der Waals surface area contributed by atoms with E-state index in [-0.39, 0.29) is 0 Å². The molecule has 1 fully saturated rings. The molecule has 0 aliphatic carbocycles. The first kappa shape index (κ1) is 15.0. The zero-order valence-corrected chi connectivity index (χ0v) is 11.5. The molecule has 7 heteroatoms. The Labute approximate surface area is 121 Å². The van der Waals surface area contributed by atoms with Crippen LogP contribution in [-0.2, 0) is 14.3 Å². The van der Waals surface area contributed by atoms with E-state index < -0.39 is 30.0 Å². The Bertz CT molecular complexity index is 599. The summed E-state index contributed by atoms with van der Waals surface area (Å²) in [6.45, 7) is 1.71. The van der Waals surface area contributed by atoms with Crippen LogP contribution in [0.3, 0.4) is 0 Å². The number of amides is 2. The van der Waals surface area contributed by atoms with E-state index >= 15 is 0 Å². The first-order valence-corrected chi connectivity index (χ1v) is 6.48. The van der Waals surface area contributed by atoms with Gasteiger partial charge < -0.3 is 20.9 Å². The predicted octanol–water partition coefficient (Wildman–Crippen LogP) is 0.665. The lowest BCUT2D eigenvalue weighted by Gasteiger charge is -2.12. The smallest absolute Gasteiger partial charge is 0.332 e. The SMILES string of the molecule is Cc1cc(NC(=O)[C@@H]2CC[C@H](C(=O)O)O2)ccc1C(N)=O. The summed E-state index contributed by atoms with van der Waals surface area (Å²) in [5.74, 6) is -1.99. The highest BCUT2D eigenvalue weighted by Crippen LogP contribution is 2.22. The van der Waals surface area contributed by atoms with Gasteiger partial charge in [-0.25, -0.2) is 4.79 Å². The average molecular weight is 292 g/mol. The normalized spacial score (nSPS) is 21.0. The maximum absolute atomic E-state index is 12.0. The maximum Gasteiger partial charge on any atom is 0.332 e. The Hall–Kier alpha value is -2.41. The van der Waals surface area contributed by atoms with Crippen LogP contribution in [0.5, 0.6) is 0 Å². The molecule has 0 spiro atoms. The Morgan fingerprint density at radius 2 is 1.95 bits per heavy atom. The number of carbonyl (C=O) groups is 3. The van der Waals surface area contributed by atoms with Gasteiger partial charge >= 0.3 is 5.97 Å². The Morgan fingerprint density at radius 1 is 1.29 bits per heavy atom. The summed E-state index contributed by atoms with van der Waals surface area (Å²) >= 11 is 0. The van der Waals surface area contributed by atoms with Gasteiger partial charge in [0, 0.05) is 11.3 Å². The molecule has 1 aliphatic rings. The van der Waals surface area contributed by atoms with E-state index in [9.17, 15) is 14.4 Å². The van der Waals surface area contributed by atoms with E-state index in [4.69, 9.17) is 15.6 Å². The number of hydrogen-bond donors (Lipinski definition) is 3. The minimum Gasteiger partial charge on any atom is -0.479 e. The molecule has 0 unspecified atom stereocenters. The molecule has 1 aromatic carbocycles. The van der Waals surface area contributed by atoms with E-state index in [1.54, 1.807) is 19.1 Å². The fourth-order valence-corrected chi connectivity index (χ4v) is 2.25. The van der Waals surface area contributed by atoms with Gasteiger partial charge in [0.2, 0.25) is 5.91 Å². The molecule has 0 bridgehead atoms. The number of carboxylic acids is 1. The van der Waals surface area contributed by atoms with E-state index in [1.807, 2.05) is 0 Å². The van der Waals surface area contributed by atoms with E-state index in [0.29, 0.717) is 29.7 Å². The van der Waals surface area contributed by atoms with Gasteiger partial charge in [0.1, 0.15) is 6.10 Å². The second-order valence-electron chi connectivity index (χ2n) is 4.91. The lowest BCUT2D eigenvalue weighted by molar-refractivity contribution is -0.150. The number of nitrogens with one attached hydrogen (secondary N) is 1. The number of rotatable bonds is 4. The van der Waals surface area contributed by atoms with Crippen molar-refractivity contribution in [1.82, 2.24) is 0 Å². The number of anilines is 1. The average Bonchev–Trinajstić information content (AvgIpc) is 2.88. The largest absolute Gasteiger partial charge is 0.479 e. The van der Waals surface area contributed by atoms with Gasteiger partial charge in [-0.2, -0.15) is 0 Å². The highest BCUT2D eigenvalue weighted by Gasteiger charge is 2.34. The molecule has 1 saturated heterocycles. The van der Waals surface area contributed by atoms with Gasteiger partial charge in [-0.15, -0.1) is 0 Å². The minimum atomic E-state index is -1.06. The zero-order valence-electron chi connectivity index (χ0n) is 11.5. The van der Waals surface area contributed by atoms with Crippen LogP contribution in [0.1, 0.15) is 28.8 Å². The summed E-state index contributed by atoms with van der Waals surface area (Å²) in [6, 6.07) is 4.72. The minimum absolute atomic E-state index is 0.313. The molecule has 0 saturated carbocycles. The first-order valence-electron chi connectivity index (χ1n) is 6.48. The Balaban J connectivity index is 2.02.